The molecule has 3 N–H and O–H groups in total. The zero-order valence-electron chi connectivity index (χ0n) is 13.6. The van der Waals surface area contributed by atoms with Gasteiger partial charge in [-0.15, -0.1) is 0 Å². The number of hydrogen-bond donors (Lipinski definition) is 3. The Morgan fingerprint density at radius 2 is 2.00 bits per heavy atom. The van der Waals surface area contributed by atoms with Crippen molar-refractivity contribution in [3.63, 3.8) is 0 Å². The van der Waals surface area contributed by atoms with Crippen LogP contribution in [-0.4, -0.2) is 16.1 Å². The van der Waals surface area contributed by atoms with Crippen molar-refractivity contribution in [1.82, 2.24) is 10.5 Å². The number of aryl methyl sites for hydroxylation is 1. The number of pyridine rings is 1. The van der Waals surface area contributed by atoms with Crippen molar-refractivity contribution in [2.45, 2.75) is 13.5 Å². The van der Waals surface area contributed by atoms with Gasteiger partial charge in [0.25, 0.3) is 5.91 Å². The number of nitrogens with zero attached hydrogens (tertiary/aromatic N) is 2. The number of nitrogens with one attached hydrogen (secondary N) is 2. The summed E-state index contributed by atoms with van der Waals surface area (Å²) in [7, 11) is 0. The van der Waals surface area contributed by atoms with Gasteiger partial charge in [0.1, 0.15) is 6.07 Å². The van der Waals surface area contributed by atoms with E-state index in [4.69, 9.17) is 5.21 Å². The van der Waals surface area contributed by atoms with Gasteiger partial charge in [-0.05, 0) is 36.2 Å². The molecule has 1 heterocycles. The van der Waals surface area contributed by atoms with Gasteiger partial charge in [0.2, 0.25) is 0 Å². The van der Waals surface area contributed by atoms with Crippen LogP contribution in [0.1, 0.15) is 27.0 Å². The van der Waals surface area contributed by atoms with Gasteiger partial charge in [0.15, 0.2) is 0 Å². The standard InChI is InChI=1S/C19H16N4O2/c1-12-2-7-16-17(8-12)21-11-15(9-20)18(16)22-10-13-3-5-14(6-4-13)19(24)23-25/h2-8,11,25H,10H2,1H3,(H,21,22)(H,23,24). The lowest BCUT2D eigenvalue weighted by molar-refractivity contribution is 0.0706. The quantitative estimate of drug-likeness (QED) is 0.503. The van der Waals surface area contributed by atoms with Gasteiger partial charge in [-0.2, -0.15) is 5.26 Å². The van der Waals surface area contributed by atoms with Crippen molar-refractivity contribution in [2.24, 2.45) is 0 Å². The molecular formula is C19H16N4O2. The number of benzene rings is 2. The molecule has 0 unspecified atom stereocenters. The zero-order valence-corrected chi connectivity index (χ0v) is 13.6. The fraction of sp³-hybridized carbons (Fsp3) is 0.105. The molecular weight excluding hydrogens is 316 g/mol. The minimum Gasteiger partial charge on any atom is -0.379 e. The Labute approximate surface area is 144 Å². The second-order valence-electron chi connectivity index (χ2n) is 5.67. The average Bonchev–Trinajstić information content (AvgIpc) is 2.65. The lowest BCUT2D eigenvalue weighted by Gasteiger charge is -2.12. The summed E-state index contributed by atoms with van der Waals surface area (Å²) in [6.07, 6.45) is 1.57. The van der Waals surface area contributed by atoms with Gasteiger partial charge < -0.3 is 5.32 Å². The summed E-state index contributed by atoms with van der Waals surface area (Å²) in [5.41, 5.74) is 6.07. The van der Waals surface area contributed by atoms with E-state index in [1.807, 2.05) is 25.1 Å². The summed E-state index contributed by atoms with van der Waals surface area (Å²) < 4.78 is 0. The molecule has 0 saturated heterocycles. The molecule has 124 valence electrons. The number of anilines is 1. The van der Waals surface area contributed by atoms with Crippen LogP contribution in [-0.2, 0) is 6.54 Å². The predicted molar refractivity (Wildman–Crippen MR) is 94.2 cm³/mol. The Morgan fingerprint density at radius 1 is 1.24 bits per heavy atom. The minimum absolute atomic E-state index is 0.369. The summed E-state index contributed by atoms with van der Waals surface area (Å²) in [6, 6.07) is 14.9. The Bertz CT molecular complexity index is 975. The molecule has 0 spiro atoms. The first-order valence-electron chi connectivity index (χ1n) is 7.69. The fourth-order valence-corrected chi connectivity index (χ4v) is 2.61. The van der Waals surface area contributed by atoms with Crippen LogP contribution in [0.25, 0.3) is 10.9 Å². The van der Waals surface area contributed by atoms with Crippen LogP contribution < -0.4 is 10.8 Å². The average molecular weight is 332 g/mol. The fourth-order valence-electron chi connectivity index (χ4n) is 2.61. The number of aromatic nitrogens is 1. The number of carbonyl (C=O) groups is 1. The maximum Gasteiger partial charge on any atom is 0.274 e. The van der Waals surface area contributed by atoms with Gasteiger partial charge in [-0.1, -0.05) is 24.3 Å². The molecule has 6 heteroatoms. The molecule has 0 fully saturated rings. The third-order valence-electron chi connectivity index (χ3n) is 3.93. The second kappa shape index (κ2) is 6.99. The van der Waals surface area contributed by atoms with Gasteiger partial charge in [0.05, 0.1) is 16.8 Å². The van der Waals surface area contributed by atoms with Crippen LogP contribution in [0, 0.1) is 18.3 Å². The van der Waals surface area contributed by atoms with Gasteiger partial charge >= 0.3 is 0 Å². The number of carbonyl (C=O) groups excluding carboxylic acids is 1. The normalized spacial score (nSPS) is 10.3. The summed E-state index contributed by atoms with van der Waals surface area (Å²) >= 11 is 0. The SMILES string of the molecule is Cc1ccc2c(NCc3ccc(C(=O)NO)cc3)c(C#N)cnc2c1. The molecule has 3 aromatic rings. The number of amides is 1. The summed E-state index contributed by atoms with van der Waals surface area (Å²) in [5.74, 6) is -0.554. The molecule has 0 atom stereocenters. The number of hydrogen-bond acceptors (Lipinski definition) is 5. The van der Waals surface area contributed by atoms with E-state index in [1.54, 1.807) is 35.9 Å². The zero-order chi connectivity index (χ0) is 17.8. The highest BCUT2D eigenvalue weighted by Gasteiger charge is 2.09. The molecule has 0 aliphatic heterocycles. The molecule has 25 heavy (non-hydrogen) atoms. The Hall–Kier alpha value is -3.43. The third-order valence-corrected chi connectivity index (χ3v) is 3.93. The van der Waals surface area contributed by atoms with Gasteiger partial charge in [-0.3, -0.25) is 15.0 Å². The van der Waals surface area contributed by atoms with Crippen LogP contribution in [0.4, 0.5) is 5.69 Å². The second-order valence-corrected chi connectivity index (χ2v) is 5.67. The first-order valence-corrected chi connectivity index (χ1v) is 7.69. The maximum atomic E-state index is 11.3. The molecule has 0 radical (unpaired) electrons. The van der Waals surface area contributed by atoms with E-state index in [0.717, 1.165) is 27.7 Å². The number of rotatable bonds is 4. The highest BCUT2D eigenvalue weighted by Crippen LogP contribution is 2.26. The van der Waals surface area contributed by atoms with E-state index in [2.05, 4.69) is 16.4 Å². The largest absolute Gasteiger partial charge is 0.379 e. The highest BCUT2D eigenvalue weighted by atomic mass is 16.5. The van der Waals surface area contributed by atoms with Crippen molar-refractivity contribution in [3.05, 3.63) is 70.9 Å². The molecule has 2 aromatic carbocycles. The molecule has 1 amide bonds. The summed E-state index contributed by atoms with van der Waals surface area (Å²) in [5, 5.41) is 22.2. The van der Waals surface area contributed by atoms with Crippen LogP contribution in [0.5, 0.6) is 0 Å². The summed E-state index contributed by atoms with van der Waals surface area (Å²) in [4.78, 5) is 15.7. The van der Waals surface area contributed by atoms with Crippen molar-refractivity contribution >= 4 is 22.5 Å². The Morgan fingerprint density at radius 3 is 2.68 bits per heavy atom. The van der Waals surface area contributed by atoms with E-state index in [-0.39, 0.29) is 0 Å². The van der Waals surface area contributed by atoms with E-state index in [9.17, 15) is 10.1 Å². The van der Waals surface area contributed by atoms with Crippen LogP contribution in [0.15, 0.2) is 48.7 Å². The molecule has 6 nitrogen and oxygen atoms in total. The van der Waals surface area contributed by atoms with Gasteiger partial charge in [-0.25, -0.2) is 5.48 Å². The van der Waals surface area contributed by atoms with E-state index >= 15 is 0 Å². The molecule has 3 rings (SSSR count). The topological polar surface area (TPSA) is 98.0 Å². The molecule has 0 aliphatic rings. The predicted octanol–water partition coefficient (Wildman–Crippen LogP) is 3.15. The Balaban J connectivity index is 1.88. The minimum atomic E-state index is -0.554. The van der Waals surface area contributed by atoms with Crippen molar-refractivity contribution in [2.75, 3.05) is 5.32 Å². The number of nitriles is 1. The van der Waals surface area contributed by atoms with Crippen LogP contribution in [0.3, 0.4) is 0 Å². The third kappa shape index (κ3) is 3.42. The molecule has 1 aromatic heterocycles. The summed E-state index contributed by atoms with van der Waals surface area (Å²) in [6.45, 7) is 2.49. The number of fused-ring (bicyclic) bond motifs is 1. The first kappa shape index (κ1) is 16.4. The molecule has 0 saturated carbocycles. The van der Waals surface area contributed by atoms with Crippen LogP contribution >= 0.6 is 0 Å². The van der Waals surface area contributed by atoms with Crippen LogP contribution in [0.2, 0.25) is 0 Å². The lowest BCUT2D eigenvalue weighted by atomic mass is 10.1. The van der Waals surface area contributed by atoms with E-state index in [0.29, 0.717) is 17.7 Å². The van der Waals surface area contributed by atoms with Crippen molar-refractivity contribution in [3.8, 4) is 6.07 Å². The van der Waals surface area contributed by atoms with Crippen molar-refractivity contribution in [1.29, 1.82) is 5.26 Å². The van der Waals surface area contributed by atoms with Gasteiger partial charge in [0, 0.05) is 23.7 Å². The van der Waals surface area contributed by atoms with Crippen molar-refractivity contribution < 1.29 is 10.0 Å². The number of hydroxylamine groups is 1. The highest BCUT2D eigenvalue weighted by molar-refractivity contribution is 5.94. The molecule has 0 bridgehead atoms. The maximum absolute atomic E-state index is 11.3. The molecule has 0 aliphatic carbocycles. The monoisotopic (exact) mass is 332 g/mol. The first-order chi connectivity index (χ1) is 12.1. The van der Waals surface area contributed by atoms with E-state index < -0.39 is 5.91 Å². The lowest BCUT2D eigenvalue weighted by Crippen LogP contribution is -2.18. The Kier molecular flexibility index (Phi) is 4.59. The van der Waals surface area contributed by atoms with E-state index in [1.165, 1.54) is 0 Å². The smallest absolute Gasteiger partial charge is 0.274 e.